The highest BCUT2D eigenvalue weighted by Gasteiger charge is 2.22. The van der Waals surface area contributed by atoms with Crippen LogP contribution < -0.4 is 4.18 Å². The second-order valence-electron chi connectivity index (χ2n) is 6.21. The molecular weight excluding hydrogens is 360 g/mol. The molecule has 0 radical (unpaired) electrons. The molecule has 0 heterocycles. The van der Waals surface area contributed by atoms with Gasteiger partial charge in [0, 0.05) is 17.7 Å². The predicted molar refractivity (Wildman–Crippen MR) is 99.3 cm³/mol. The maximum absolute atomic E-state index is 11.7. The lowest BCUT2D eigenvalue weighted by Crippen LogP contribution is -2.13. The van der Waals surface area contributed by atoms with Crippen molar-refractivity contribution in [2.75, 3.05) is 18.3 Å². The highest BCUT2D eigenvalue weighted by Crippen LogP contribution is 2.36. The van der Waals surface area contributed by atoms with Crippen molar-refractivity contribution in [1.82, 2.24) is 0 Å². The summed E-state index contributed by atoms with van der Waals surface area (Å²) in [5.41, 5.74) is 2.52. The van der Waals surface area contributed by atoms with E-state index in [1.807, 2.05) is 43.3 Å². The summed E-state index contributed by atoms with van der Waals surface area (Å²) < 4.78 is 51.6. The molecule has 1 unspecified atom stereocenters. The van der Waals surface area contributed by atoms with Crippen LogP contribution in [0.5, 0.6) is 5.75 Å². The molecule has 0 aliphatic carbocycles. The summed E-state index contributed by atoms with van der Waals surface area (Å²) >= 11 is 0. The number of hydrogen-bond acceptors (Lipinski definition) is 5. The zero-order valence-corrected chi connectivity index (χ0v) is 16.1. The van der Waals surface area contributed by atoms with Crippen molar-refractivity contribution in [3.05, 3.63) is 65.2 Å². The molecule has 0 saturated carbocycles. The van der Waals surface area contributed by atoms with E-state index in [2.05, 4.69) is 0 Å². The maximum atomic E-state index is 11.7. The maximum Gasteiger partial charge on any atom is 0.306 e. The van der Waals surface area contributed by atoms with Gasteiger partial charge in [0.2, 0.25) is 0 Å². The Kier molecular flexibility index (Phi) is 5.90. The fourth-order valence-electron chi connectivity index (χ4n) is 2.70. The van der Waals surface area contributed by atoms with Crippen LogP contribution in [0.2, 0.25) is 0 Å². The summed E-state index contributed by atoms with van der Waals surface area (Å²) in [6, 6.07) is 14.6. The number of aryl methyl sites for hydroxylation is 1. The smallest absolute Gasteiger partial charge is 0.306 e. The van der Waals surface area contributed by atoms with Gasteiger partial charge in [0.05, 0.1) is 12.0 Å². The van der Waals surface area contributed by atoms with E-state index in [-0.39, 0.29) is 17.4 Å². The molecule has 0 aliphatic heterocycles. The Morgan fingerprint density at radius 3 is 2.16 bits per heavy atom. The summed E-state index contributed by atoms with van der Waals surface area (Å²) in [6.45, 7) is 1.90. The molecular formula is C18H22O5S2. The Labute approximate surface area is 149 Å². The monoisotopic (exact) mass is 382 g/mol. The summed E-state index contributed by atoms with van der Waals surface area (Å²) in [5, 5.41) is 0. The first-order valence-corrected chi connectivity index (χ1v) is 11.7. The van der Waals surface area contributed by atoms with Crippen LogP contribution in [-0.4, -0.2) is 35.1 Å². The molecule has 25 heavy (non-hydrogen) atoms. The predicted octanol–water partition coefficient (Wildman–Crippen LogP) is 2.90. The number of rotatable bonds is 7. The van der Waals surface area contributed by atoms with E-state index < -0.39 is 20.0 Å². The third-order valence-corrected chi connectivity index (χ3v) is 5.22. The van der Waals surface area contributed by atoms with E-state index in [9.17, 15) is 16.8 Å². The van der Waals surface area contributed by atoms with E-state index in [0.29, 0.717) is 12.0 Å². The number of sulfone groups is 1. The summed E-state index contributed by atoms with van der Waals surface area (Å²) in [6.07, 6.45) is 2.52. The zero-order valence-electron chi connectivity index (χ0n) is 14.5. The van der Waals surface area contributed by atoms with Crippen LogP contribution in [0.1, 0.15) is 29.0 Å². The molecule has 136 valence electrons. The van der Waals surface area contributed by atoms with Crippen LogP contribution in [0, 0.1) is 6.92 Å². The second-order valence-corrected chi connectivity index (χ2v) is 10.0. The van der Waals surface area contributed by atoms with Crippen molar-refractivity contribution in [2.45, 2.75) is 19.3 Å². The van der Waals surface area contributed by atoms with Gasteiger partial charge in [-0.15, -0.1) is 0 Å². The Hall–Kier alpha value is -1.86. The van der Waals surface area contributed by atoms with Gasteiger partial charge in [0.25, 0.3) is 0 Å². The Morgan fingerprint density at radius 2 is 1.60 bits per heavy atom. The SMILES string of the molecule is Cc1ccc(OS(C)(=O)=O)c(C(CCS(C)(=O)=O)c2ccccc2)c1. The second kappa shape index (κ2) is 7.58. The van der Waals surface area contributed by atoms with Gasteiger partial charge in [-0.05, 0) is 25.0 Å². The lowest BCUT2D eigenvalue weighted by atomic mass is 9.88. The Bertz CT molecular complexity index is 933. The van der Waals surface area contributed by atoms with E-state index in [1.165, 1.54) is 6.26 Å². The molecule has 0 N–H and O–H groups in total. The van der Waals surface area contributed by atoms with Crippen molar-refractivity contribution in [1.29, 1.82) is 0 Å². The molecule has 2 rings (SSSR count). The number of hydrogen-bond donors (Lipinski definition) is 0. The van der Waals surface area contributed by atoms with Crippen LogP contribution in [-0.2, 0) is 20.0 Å². The van der Waals surface area contributed by atoms with Gasteiger partial charge in [0.1, 0.15) is 15.6 Å². The molecule has 0 aromatic heterocycles. The average molecular weight is 383 g/mol. The van der Waals surface area contributed by atoms with Crippen molar-refractivity contribution in [3.63, 3.8) is 0 Å². The van der Waals surface area contributed by atoms with Crippen LogP contribution in [0.4, 0.5) is 0 Å². The van der Waals surface area contributed by atoms with Gasteiger partial charge < -0.3 is 4.18 Å². The van der Waals surface area contributed by atoms with E-state index >= 15 is 0 Å². The van der Waals surface area contributed by atoms with Gasteiger partial charge in [0.15, 0.2) is 0 Å². The highest BCUT2D eigenvalue weighted by molar-refractivity contribution is 7.90. The lowest BCUT2D eigenvalue weighted by Gasteiger charge is -2.21. The Balaban J connectivity index is 2.54. The standard InChI is InChI=1S/C18H22O5S2/c1-14-9-10-18(23-25(3,21)22)17(13-14)16(11-12-24(2,19)20)15-7-5-4-6-8-15/h4-10,13,16H,11-12H2,1-3H3. The summed E-state index contributed by atoms with van der Waals surface area (Å²) in [4.78, 5) is 0. The summed E-state index contributed by atoms with van der Waals surface area (Å²) in [7, 11) is -6.84. The topological polar surface area (TPSA) is 77.5 Å². The zero-order chi connectivity index (χ0) is 18.7. The normalized spacial score (nSPS) is 13.4. The largest absolute Gasteiger partial charge is 0.382 e. The molecule has 0 fully saturated rings. The molecule has 0 spiro atoms. The third kappa shape index (κ3) is 6.17. The molecule has 0 bridgehead atoms. The molecule has 1 atom stereocenters. The van der Waals surface area contributed by atoms with E-state index in [1.54, 1.807) is 12.1 Å². The van der Waals surface area contributed by atoms with Gasteiger partial charge in [-0.2, -0.15) is 8.42 Å². The first-order chi connectivity index (χ1) is 11.6. The minimum atomic E-state index is -3.69. The van der Waals surface area contributed by atoms with Crippen LogP contribution in [0.15, 0.2) is 48.5 Å². The van der Waals surface area contributed by atoms with Gasteiger partial charge in [-0.1, -0.05) is 48.0 Å². The molecule has 0 saturated heterocycles. The minimum Gasteiger partial charge on any atom is -0.382 e. The highest BCUT2D eigenvalue weighted by atomic mass is 32.2. The van der Waals surface area contributed by atoms with Crippen molar-refractivity contribution < 1.29 is 21.0 Å². The van der Waals surface area contributed by atoms with Gasteiger partial charge in [-0.3, -0.25) is 0 Å². The Morgan fingerprint density at radius 1 is 0.960 bits per heavy atom. The fourth-order valence-corrected chi connectivity index (χ4v) is 3.84. The molecule has 2 aromatic rings. The third-order valence-electron chi connectivity index (χ3n) is 3.76. The van der Waals surface area contributed by atoms with Crippen molar-refractivity contribution in [3.8, 4) is 5.75 Å². The molecule has 0 amide bonds. The van der Waals surface area contributed by atoms with Crippen molar-refractivity contribution >= 4 is 20.0 Å². The van der Waals surface area contributed by atoms with Crippen LogP contribution >= 0.6 is 0 Å². The first kappa shape index (κ1) is 19.5. The van der Waals surface area contributed by atoms with Crippen LogP contribution in [0.3, 0.4) is 0 Å². The van der Waals surface area contributed by atoms with Gasteiger partial charge >= 0.3 is 10.1 Å². The molecule has 5 nitrogen and oxygen atoms in total. The number of benzene rings is 2. The quantitative estimate of drug-likeness (QED) is 0.688. The first-order valence-electron chi connectivity index (χ1n) is 7.78. The van der Waals surface area contributed by atoms with E-state index in [4.69, 9.17) is 4.18 Å². The molecule has 0 aliphatic rings. The van der Waals surface area contributed by atoms with Crippen molar-refractivity contribution in [2.24, 2.45) is 0 Å². The minimum absolute atomic E-state index is 0.00117. The lowest BCUT2D eigenvalue weighted by molar-refractivity contribution is 0.487. The van der Waals surface area contributed by atoms with Crippen LogP contribution in [0.25, 0.3) is 0 Å². The molecule has 2 aromatic carbocycles. The van der Waals surface area contributed by atoms with E-state index in [0.717, 1.165) is 17.4 Å². The van der Waals surface area contributed by atoms with Gasteiger partial charge in [-0.25, -0.2) is 8.42 Å². The molecule has 7 heteroatoms. The summed E-state index contributed by atoms with van der Waals surface area (Å²) in [5.74, 6) is -0.0539. The average Bonchev–Trinajstić information content (AvgIpc) is 2.49. The fraction of sp³-hybridized carbons (Fsp3) is 0.333.